The number of fused-ring (bicyclic) bond motifs is 2. The zero-order chi connectivity index (χ0) is 20.8. The van der Waals surface area contributed by atoms with Gasteiger partial charge in [0.25, 0.3) is 0 Å². The molecule has 6 heteroatoms. The number of rotatable bonds is 4. The lowest BCUT2D eigenvalue weighted by molar-refractivity contribution is 0.982. The second kappa shape index (κ2) is 6.91. The van der Waals surface area contributed by atoms with E-state index in [1.54, 1.807) is 0 Å². The fourth-order valence-electron chi connectivity index (χ4n) is 4.18. The molecule has 6 nitrogen and oxygen atoms in total. The van der Waals surface area contributed by atoms with E-state index in [9.17, 15) is 0 Å². The SMILES string of the molecule is Cc1cc2cc(Cc3nc(N)nc(N)c3Cc3ccc4[nH]c(C)cc4c3)ccc2[nH]1. The standard InChI is InChI=1S/C24H24N6/c1-13-7-17-9-15(3-5-20(17)27-13)11-19-22(29-24(26)30-23(19)25)12-16-4-6-21-18(10-16)8-14(2)28-21/h3-10,27-28H,11-12H2,1-2H3,(H4,25,26,29,30). The fourth-order valence-corrected chi connectivity index (χ4v) is 4.18. The summed E-state index contributed by atoms with van der Waals surface area (Å²) in [5, 5.41) is 2.38. The summed E-state index contributed by atoms with van der Waals surface area (Å²) in [5.74, 6) is 0.656. The molecule has 30 heavy (non-hydrogen) atoms. The topological polar surface area (TPSA) is 109 Å². The first-order chi connectivity index (χ1) is 14.4. The van der Waals surface area contributed by atoms with Crippen LogP contribution in [0.15, 0.2) is 48.5 Å². The average Bonchev–Trinajstić information content (AvgIpc) is 3.24. The second-order valence-corrected chi connectivity index (χ2v) is 7.99. The molecule has 0 aliphatic rings. The van der Waals surface area contributed by atoms with Crippen molar-refractivity contribution in [2.45, 2.75) is 26.7 Å². The molecule has 0 aliphatic carbocycles. The van der Waals surface area contributed by atoms with E-state index in [2.05, 4.69) is 82.3 Å². The lowest BCUT2D eigenvalue weighted by Crippen LogP contribution is -2.10. The molecular weight excluding hydrogens is 372 g/mol. The lowest BCUT2D eigenvalue weighted by atomic mass is 9.98. The number of H-pyrrole nitrogens is 2. The minimum absolute atomic E-state index is 0.210. The maximum Gasteiger partial charge on any atom is 0.222 e. The Labute approximate surface area is 174 Å². The van der Waals surface area contributed by atoms with E-state index in [1.165, 1.54) is 16.3 Å². The number of aromatic nitrogens is 4. The minimum atomic E-state index is 0.210. The predicted molar refractivity (Wildman–Crippen MR) is 123 cm³/mol. The van der Waals surface area contributed by atoms with Crippen molar-refractivity contribution in [1.82, 2.24) is 19.9 Å². The molecule has 0 unspecified atom stereocenters. The van der Waals surface area contributed by atoms with Crippen LogP contribution in [0.5, 0.6) is 0 Å². The first-order valence-electron chi connectivity index (χ1n) is 10.0. The Morgan fingerprint density at radius 3 is 1.90 bits per heavy atom. The Kier molecular flexibility index (Phi) is 4.20. The Morgan fingerprint density at radius 1 is 0.733 bits per heavy atom. The van der Waals surface area contributed by atoms with Crippen LogP contribution in [0, 0.1) is 13.8 Å². The van der Waals surface area contributed by atoms with Crippen molar-refractivity contribution in [2.75, 3.05) is 11.5 Å². The molecule has 2 aromatic carbocycles. The van der Waals surface area contributed by atoms with E-state index in [1.807, 2.05) is 0 Å². The number of aromatic amines is 2. The van der Waals surface area contributed by atoms with Gasteiger partial charge in [-0.05, 0) is 72.1 Å². The molecular formula is C24H24N6. The van der Waals surface area contributed by atoms with Crippen molar-refractivity contribution in [3.8, 4) is 0 Å². The van der Waals surface area contributed by atoms with Gasteiger partial charge in [-0.3, -0.25) is 0 Å². The third-order valence-corrected chi connectivity index (χ3v) is 5.53. The van der Waals surface area contributed by atoms with Gasteiger partial charge < -0.3 is 21.4 Å². The maximum absolute atomic E-state index is 6.29. The van der Waals surface area contributed by atoms with Crippen molar-refractivity contribution >= 4 is 33.6 Å². The van der Waals surface area contributed by atoms with Crippen LogP contribution in [0.25, 0.3) is 21.8 Å². The molecule has 0 bridgehead atoms. The summed E-state index contributed by atoms with van der Waals surface area (Å²) in [5.41, 5.74) is 20.9. The van der Waals surface area contributed by atoms with Gasteiger partial charge >= 0.3 is 0 Å². The van der Waals surface area contributed by atoms with E-state index in [0.717, 1.165) is 39.2 Å². The smallest absolute Gasteiger partial charge is 0.222 e. The van der Waals surface area contributed by atoms with Crippen molar-refractivity contribution in [2.24, 2.45) is 0 Å². The number of hydrogen-bond donors (Lipinski definition) is 4. The molecule has 0 atom stereocenters. The summed E-state index contributed by atoms with van der Waals surface area (Å²) in [7, 11) is 0. The Balaban J connectivity index is 1.52. The number of nitrogen functional groups attached to an aromatic ring is 2. The summed E-state index contributed by atoms with van der Waals surface area (Å²) >= 11 is 0. The van der Waals surface area contributed by atoms with E-state index in [-0.39, 0.29) is 5.95 Å². The Hall–Kier alpha value is -3.80. The fraction of sp³-hybridized carbons (Fsp3) is 0.167. The van der Waals surface area contributed by atoms with Gasteiger partial charge in [-0.1, -0.05) is 12.1 Å². The molecule has 0 saturated heterocycles. The number of hydrogen-bond acceptors (Lipinski definition) is 4. The van der Waals surface area contributed by atoms with Crippen LogP contribution in [-0.2, 0) is 12.8 Å². The van der Waals surface area contributed by atoms with Gasteiger partial charge in [-0.25, -0.2) is 4.98 Å². The van der Waals surface area contributed by atoms with Gasteiger partial charge in [0.2, 0.25) is 5.95 Å². The lowest BCUT2D eigenvalue weighted by Gasteiger charge is -2.13. The van der Waals surface area contributed by atoms with Gasteiger partial charge in [-0.15, -0.1) is 0 Å². The number of aryl methyl sites for hydroxylation is 2. The molecule has 5 aromatic rings. The number of anilines is 2. The largest absolute Gasteiger partial charge is 0.383 e. The molecule has 5 rings (SSSR count). The highest BCUT2D eigenvalue weighted by atomic mass is 15.0. The molecule has 0 saturated carbocycles. The monoisotopic (exact) mass is 396 g/mol. The first kappa shape index (κ1) is 18.2. The Morgan fingerprint density at radius 2 is 1.30 bits per heavy atom. The predicted octanol–water partition coefficient (Wildman–Crippen LogP) is 4.40. The minimum Gasteiger partial charge on any atom is -0.383 e. The average molecular weight is 396 g/mol. The highest BCUT2D eigenvalue weighted by molar-refractivity contribution is 5.82. The highest BCUT2D eigenvalue weighted by Gasteiger charge is 2.14. The highest BCUT2D eigenvalue weighted by Crippen LogP contribution is 2.25. The maximum atomic E-state index is 6.29. The van der Waals surface area contributed by atoms with Crippen LogP contribution in [0.1, 0.15) is 33.8 Å². The summed E-state index contributed by atoms with van der Waals surface area (Å²) in [6.45, 7) is 4.12. The van der Waals surface area contributed by atoms with E-state index in [4.69, 9.17) is 11.5 Å². The normalized spacial score (nSPS) is 11.5. The summed E-state index contributed by atoms with van der Waals surface area (Å²) in [6.07, 6.45) is 1.31. The molecule has 0 radical (unpaired) electrons. The number of benzene rings is 2. The van der Waals surface area contributed by atoms with Crippen LogP contribution >= 0.6 is 0 Å². The van der Waals surface area contributed by atoms with Gasteiger partial charge in [0, 0.05) is 40.8 Å². The molecule has 0 amide bonds. The van der Waals surface area contributed by atoms with Crippen LogP contribution in [0.2, 0.25) is 0 Å². The van der Waals surface area contributed by atoms with Crippen LogP contribution in [0.3, 0.4) is 0 Å². The molecule has 0 spiro atoms. The van der Waals surface area contributed by atoms with Gasteiger partial charge in [-0.2, -0.15) is 4.98 Å². The van der Waals surface area contributed by atoms with Crippen molar-refractivity contribution in [3.63, 3.8) is 0 Å². The molecule has 0 aliphatic heterocycles. The summed E-state index contributed by atoms with van der Waals surface area (Å²) in [6, 6.07) is 17.1. The number of nitrogens with two attached hydrogens (primary N) is 2. The zero-order valence-electron chi connectivity index (χ0n) is 17.1. The quantitative estimate of drug-likeness (QED) is 0.361. The molecule has 6 N–H and O–H groups in total. The van der Waals surface area contributed by atoms with Crippen LogP contribution < -0.4 is 11.5 Å². The van der Waals surface area contributed by atoms with E-state index < -0.39 is 0 Å². The van der Waals surface area contributed by atoms with Gasteiger partial charge in [0.05, 0.1) is 5.69 Å². The van der Waals surface area contributed by atoms with Crippen LogP contribution in [0.4, 0.5) is 11.8 Å². The van der Waals surface area contributed by atoms with Crippen molar-refractivity contribution in [1.29, 1.82) is 0 Å². The Bertz CT molecular complexity index is 1390. The summed E-state index contributed by atoms with van der Waals surface area (Å²) in [4.78, 5) is 15.5. The van der Waals surface area contributed by atoms with Crippen LogP contribution in [-0.4, -0.2) is 19.9 Å². The number of nitrogens with one attached hydrogen (secondary N) is 2. The van der Waals surface area contributed by atoms with Crippen molar-refractivity contribution in [3.05, 3.63) is 82.3 Å². The zero-order valence-corrected chi connectivity index (χ0v) is 17.1. The van der Waals surface area contributed by atoms with E-state index in [0.29, 0.717) is 18.7 Å². The third-order valence-electron chi connectivity index (χ3n) is 5.53. The second-order valence-electron chi connectivity index (χ2n) is 7.99. The first-order valence-corrected chi connectivity index (χ1v) is 10.0. The summed E-state index contributed by atoms with van der Waals surface area (Å²) < 4.78 is 0. The van der Waals surface area contributed by atoms with E-state index >= 15 is 0 Å². The molecule has 150 valence electrons. The van der Waals surface area contributed by atoms with Gasteiger partial charge in [0.1, 0.15) is 5.82 Å². The molecule has 3 aromatic heterocycles. The molecule has 0 fully saturated rings. The number of nitrogens with zero attached hydrogens (tertiary/aromatic N) is 2. The third kappa shape index (κ3) is 3.37. The molecule has 3 heterocycles. The van der Waals surface area contributed by atoms with Crippen molar-refractivity contribution < 1.29 is 0 Å². The van der Waals surface area contributed by atoms with Gasteiger partial charge in [0.15, 0.2) is 0 Å².